The molecule has 1 unspecified atom stereocenters. The summed E-state index contributed by atoms with van der Waals surface area (Å²) in [6.07, 6.45) is 0.0108. The summed E-state index contributed by atoms with van der Waals surface area (Å²) in [5, 5.41) is 0. The van der Waals surface area contributed by atoms with E-state index in [1.54, 1.807) is 0 Å². The Kier molecular flexibility index (Phi) is 5.49. The summed E-state index contributed by atoms with van der Waals surface area (Å²) in [7, 11) is 0. The van der Waals surface area contributed by atoms with Gasteiger partial charge < -0.3 is 0 Å². The van der Waals surface area contributed by atoms with Gasteiger partial charge in [0.1, 0.15) is 0 Å². The third-order valence-electron chi connectivity index (χ3n) is 0.567. The SMILES string of the molecule is CCOC(C)[O][Hf]. The average molecular weight is 268 g/mol. The van der Waals surface area contributed by atoms with Crippen LogP contribution in [0.2, 0.25) is 0 Å². The Balaban J connectivity index is 2.83. The normalized spacial score (nSPS) is 13.9. The molecule has 0 spiro atoms. The van der Waals surface area contributed by atoms with Crippen LogP contribution in [0.5, 0.6) is 0 Å². The third-order valence-corrected chi connectivity index (χ3v) is 1.76. The van der Waals surface area contributed by atoms with Crippen molar-refractivity contribution in [2.45, 2.75) is 20.1 Å². The zero-order valence-electron chi connectivity index (χ0n) is 4.60. The minimum atomic E-state index is 0.0108. The van der Waals surface area contributed by atoms with Crippen LogP contribution in [0.15, 0.2) is 0 Å². The van der Waals surface area contributed by atoms with E-state index < -0.39 is 0 Å². The van der Waals surface area contributed by atoms with Crippen molar-refractivity contribution >= 4 is 0 Å². The van der Waals surface area contributed by atoms with Crippen LogP contribution in [0.1, 0.15) is 13.8 Å². The summed E-state index contributed by atoms with van der Waals surface area (Å²) in [5.74, 6) is 0. The first kappa shape index (κ1) is 7.79. The number of hydrogen-bond donors (Lipinski definition) is 0. The van der Waals surface area contributed by atoms with E-state index in [0.29, 0.717) is 0 Å². The van der Waals surface area contributed by atoms with E-state index in [2.05, 4.69) is 0 Å². The second-order valence-electron chi connectivity index (χ2n) is 1.14. The predicted octanol–water partition coefficient (Wildman–Crippen LogP) is 0.847. The van der Waals surface area contributed by atoms with Crippen LogP contribution in [-0.4, -0.2) is 12.9 Å². The molecule has 7 heavy (non-hydrogen) atoms. The number of ether oxygens (including phenoxy) is 1. The minimum absolute atomic E-state index is 0.0108. The molecule has 0 saturated carbocycles. The predicted molar refractivity (Wildman–Crippen MR) is 22.2 cm³/mol. The van der Waals surface area contributed by atoms with Gasteiger partial charge in [-0.2, -0.15) is 0 Å². The Hall–Kier alpha value is 0.790. The van der Waals surface area contributed by atoms with Gasteiger partial charge in [0.25, 0.3) is 0 Å². The van der Waals surface area contributed by atoms with Gasteiger partial charge in [-0.05, 0) is 0 Å². The molecule has 0 fully saturated rings. The molecular formula is C4H9HfO2. The molecule has 0 bridgehead atoms. The van der Waals surface area contributed by atoms with Crippen LogP contribution in [0.4, 0.5) is 0 Å². The number of rotatable bonds is 3. The van der Waals surface area contributed by atoms with Crippen molar-refractivity contribution in [3.8, 4) is 0 Å². The first-order valence-corrected chi connectivity index (χ1v) is 3.72. The van der Waals surface area contributed by atoms with Crippen LogP contribution in [0.3, 0.4) is 0 Å². The Bertz CT molecular complexity index is 40.7. The molecule has 0 heterocycles. The Morgan fingerprint density at radius 3 is 2.43 bits per heavy atom. The fourth-order valence-corrected chi connectivity index (χ4v) is 0.513. The van der Waals surface area contributed by atoms with E-state index in [1.165, 1.54) is 0 Å². The molecule has 2 nitrogen and oxygen atoms in total. The first-order chi connectivity index (χ1) is 3.31. The molecular weight excluding hydrogens is 259 g/mol. The zero-order chi connectivity index (χ0) is 5.70. The summed E-state index contributed by atoms with van der Waals surface area (Å²) in [6, 6.07) is 0. The van der Waals surface area contributed by atoms with Gasteiger partial charge in [0.05, 0.1) is 0 Å². The van der Waals surface area contributed by atoms with E-state index in [1.807, 2.05) is 13.8 Å². The molecule has 0 N–H and O–H groups in total. The van der Waals surface area contributed by atoms with E-state index in [4.69, 9.17) is 7.59 Å². The summed E-state index contributed by atoms with van der Waals surface area (Å²) in [5.41, 5.74) is 0. The second-order valence-corrected chi connectivity index (χ2v) is 1.99. The van der Waals surface area contributed by atoms with Gasteiger partial charge >= 0.3 is 59.1 Å². The van der Waals surface area contributed by atoms with Crippen LogP contribution in [0, 0.1) is 0 Å². The maximum atomic E-state index is 5.00. The van der Waals surface area contributed by atoms with Gasteiger partial charge in [0.2, 0.25) is 0 Å². The van der Waals surface area contributed by atoms with Gasteiger partial charge in [0.15, 0.2) is 0 Å². The van der Waals surface area contributed by atoms with Gasteiger partial charge in [-0.15, -0.1) is 0 Å². The quantitative estimate of drug-likeness (QED) is 0.557. The van der Waals surface area contributed by atoms with Crippen molar-refractivity contribution in [3.63, 3.8) is 0 Å². The molecule has 0 aromatic carbocycles. The van der Waals surface area contributed by atoms with E-state index in [0.717, 1.165) is 31.4 Å². The second kappa shape index (κ2) is 4.94. The molecule has 0 aromatic heterocycles. The molecule has 0 rings (SSSR count). The van der Waals surface area contributed by atoms with Crippen LogP contribution >= 0.6 is 0 Å². The zero-order valence-corrected chi connectivity index (χ0v) is 8.19. The van der Waals surface area contributed by atoms with Gasteiger partial charge in [-0.25, -0.2) is 0 Å². The first-order valence-electron chi connectivity index (χ1n) is 2.25. The summed E-state index contributed by atoms with van der Waals surface area (Å²) in [4.78, 5) is 0. The van der Waals surface area contributed by atoms with Crippen molar-refractivity contribution in [1.82, 2.24) is 0 Å². The van der Waals surface area contributed by atoms with E-state index in [9.17, 15) is 0 Å². The third kappa shape index (κ3) is 4.65. The Morgan fingerprint density at radius 1 is 1.71 bits per heavy atom. The monoisotopic (exact) mass is 269 g/mol. The molecule has 0 aliphatic carbocycles. The fourth-order valence-electron chi connectivity index (χ4n) is 0.269. The Labute approximate surface area is 59.4 Å². The Morgan fingerprint density at radius 2 is 2.29 bits per heavy atom. The molecule has 3 heteroatoms. The molecule has 0 radical (unpaired) electrons. The van der Waals surface area contributed by atoms with Crippen molar-refractivity contribution in [1.29, 1.82) is 0 Å². The summed E-state index contributed by atoms with van der Waals surface area (Å²) >= 11 is 0.762. The van der Waals surface area contributed by atoms with Gasteiger partial charge in [0, 0.05) is 0 Å². The maximum absolute atomic E-state index is 5.00. The summed E-state index contributed by atoms with van der Waals surface area (Å²) in [6.45, 7) is 4.59. The standard InChI is InChI=1S/C4H9O2.Hf/c1-3-6-4(2)5;/h4H,3H2,1-2H3;/q-1;+1. The van der Waals surface area contributed by atoms with Crippen LogP contribution < -0.4 is 0 Å². The van der Waals surface area contributed by atoms with Gasteiger partial charge in [-0.3, -0.25) is 0 Å². The van der Waals surface area contributed by atoms with Crippen molar-refractivity contribution < 1.29 is 32.4 Å². The fraction of sp³-hybridized carbons (Fsp3) is 1.00. The van der Waals surface area contributed by atoms with Crippen LogP contribution in [0.25, 0.3) is 0 Å². The molecule has 1 atom stereocenters. The molecule has 0 aliphatic rings. The van der Waals surface area contributed by atoms with Gasteiger partial charge in [-0.1, -0.05) is 0 Å². The van der Waals surface area contributed by atoms with Crippen molar-refractivity contribution in [2.75, 3.05) is 6.61 Å². The van der Waals surface area contributed by atoms with E-state index >= 15 is 0 Å². The number of hydrogen-bond acceptors (Lipinski definition) is 2. The van der Waals surface area contributed by atoms with E-state index in [-0.39, 0.29) is 6.29 Å². The van der Waals surface area contributed by atoms with Crippen LogP contribution in [-0.2, 0) is 32.4 Å². The average Bonchev–Trinajstić information content (AvgIpc) is 1.68. The molecule has 0 aromatic rings. The molecule has 0 saturated heterocycles. The molecule has 41 valence electrons. The van der Waals surface area contributed by atoms with Crippen molar-refractivity contribution in [3.05, 3.63) is 0 Å². The summed E-state index contributed by atoms with van der Waals surface area (Å²) < 4.78 is 9.91. The topological polar surface area (TPSA) is 18.5 Å². The van der Waals surface area contributed by atoms with Crippen molar-refractivity contribution in [2.24, 2.45) is 0 Å². The molecule has 0 amide bonds. The molecule has 0 aliphatic heterocycles.